The smallest absolute Gasteiger partial charge is 0.269 e. The van der Waals surface area contributed by atoms with Crippen LogP contribution in [-0.2, 0) is 12.8 Å². The lowest BCUT2D eigenvalue weighted by atomic mass is 10.0. The molecule has 0 N–H and O–H groups in total. The number of nitro benzene ring substituents is 2. The standard InChI is InChI=1S/C27H22N2O6/c30-28(31)22-8-16-26(17-9-22)34-24-12-4-20(5-13-24)2-1-3-21-6-14-25(15-7-21)35-27-18-10-23(11-19-27)29(32)33/h4-19H,1-3H2. The molecule has 4 rings (SSSR count). The van der Waals surface area contributed by atoms with Crippen LogP contribution in [-0.4, -0.2) is 9.85 Å². The van der Waals surface area contributed by atoms with E-state index in [0.29, 0.717) is 23.0 Å². The van der Waals surface area contributed by atoms with Gasteiger partial charge in [-0.3, -0.25) is 20.2 Å². The molecule has 0 saturated heterocycles. The Balaban J connectivity index is 1.23. The van der Waals surface area contributed by atoms with Crippen LogP contribution in [0.5, 0.6) is 23.0 Å². The van der Waals surface area contributed by atoms with Gasteiger partial charge < -0.3 is 9.47 Å². The molecule has 0 spiro atoms. The Morgan fingerprint density at radius 1 is 0.486 bits per heavy atom. The Morgan fingerprint density at radius 2 is 0.771 bits per heavy atom. The van der Waals surface area contributed by atoms with Crippen molar-refractivity contribution in [2.24, 2.45) is 0 Å². The molecule has 0 fully saturated rings. The summed E-state index contributed by atoms with van der Waals surface area (Å²) in [6, 6.07) is 27.6. The van der Waals surface area contributed by atoms with Crippen LogP contribution in [0.25, 0.3) is 0 Å². The van der Waals surface area contributed by atoms with Crippen molar-refractivity contribution in [3.05, 3.63) is 128 Å². The molecule has 0 amide bonds. The van der Waals surface area contributed by atoms with Gasteiger partial charge in [-0.1, -0.05) is 24.3 Å². The Hall–Kier alpha value is -4.72. The first-order valence-electron chi connectivity index (χ1n) is 11.0. The summed E-state index contributed by atoms with van der Waals surface area (Å²) in [6.07, 6.45) is 2.81. The number of nitro groups is 2. The number of benzene rings is 4. The molecule has 176 valence electrons. The van der Waals surface area contributed by atoms with Gasteiger partial charge in [-0.15, -0.1) is 0 Å². The minimum atomic E-state index is -0.442. The molecule has 8 heteroatoms. The summed E-state index contributed by atoms with van der Waals surface area (Å²) in [5.41, 5.74) is 2.44. The van der Waals surface area contributed by atoms with Crippen LogP contribution in [0.1, 0.15) is 17.5 Å². The van der Waals surface area contributed by atoms with Crippen molar-refractivity contribution in [2.75, 3.05) is 0 Å². The van der Waals surface area contributed by atoms with Gasteiger partial charge in [0.1, 0.15) is 23.0 Å². The van der Waals surface area contributed by atoms with Gasteiger partial charge in [-0.05, 0) is 78.9 Å². The lowest BCUT2D eigenvalue weighted by molar-refractivity contribution is -0.385. The van der Waals surface area contributed by atoms with Crippen LogP contribution in [0, 0.1) is 20.2 Å². The number of rotatable bonds is 10. The zero-order valence-corrected chi connectivity index (χ0v) is 18.7. The molecule has 8 nitrogen and oxygen atoms in total. The van der Waals surface area contributed by atoms with Gasteiger partial charge in [0.25, 0.3) is 11.4 Å². The maximum Gasteiger partial charge on any atom is 0.269 e. The fraction of sp³-hybridized carbons (Fsp3) is 0.111. The second kappa shape index (κ2) is 10.9. The third-order valence-corrected chi connectivity index (χ3v) is 5.34. The summed E-state index contributed by atoms with van der Waals surface area (Å²) < 4.78 is 11.5. The third-order valence-electron chi connectivity index (χ3n) is 5.34. The van der Waals surface area contributed by atoms with Crippen molar-refractivity contribution in [1.82, 2.24) is 0 Å². The van der Waals surface area contributed by atoms with Crippen molar-refractivity contribution >= 4 is 11.4 Å². The fourth-order valence-corrected chi connectivity index (χ4v) is 3.49. The van der Waals surface area contributed by atoms with Crippen molar-refractivity contribution in [3.63, 3.8) is 0 Å². The molecule has 0 radical (unpaired) electrons. The molecule has 0 atom stereocenters. The van der Waals surface area contributed by atoms with Gasteiger partial charge in [-0.2, -0.15) is 0 Å². The normalized spacial score (nSPS) is 10.5. The second-order valence-electron chi connectivity index (χ2n) is 7.85. The number of aryl methyl sites for hydroxylation is 2. The van der Waals surface area contributed by atoms with E-state index in [0.717, 1.165) is 19.3 Å². The Kier molecular flexibility index (Phi) is 7.32. The average Bonchev–Trinajstić information content (AvgIpc) is 2.87. The van der Waals surface area contributed by atoms with Gasteiger partial charge in [0.2, 0.25) is 0 Å². The second-order valence-corrected chi connectivity index (χ2v) is 7.85. The summed E-state index contributed by atoms with van der Waals surface area (Å²) in [6.45, 7) is 0. The zero-order valence-electron chi connectivity index (χ0n) is 18.7. The van der Waals surface area contributed by atoms with Crippen LogP contribution in [0.3, 0.4) is 0 Å². The average molecular weight is 470 g/mol. The predicted molar refractivity (Wildman–Crippen MR) is 131 cm³/mol. The van der Waals surface area contributed by atoms with E-state index < -0.39 is 9.85 Å². The largest absolute Gasteiger partial charge is 0.457 e. The van der Waals surface area contributed by atoms with Gasteiger partial charge >= 0.3 is 0 Å². The highest BCUT2D eigenvalue weighted by Crippen LogP contribution is 2.26. The van der Waals surface area contributed by atoms with Crippen molar-refractivity contribution in [1.29, 1.82) is 0 Å². The SMILES string of the molecule is O=[N+]([O-])c1ccc(Oc2ccc(CCCc3ccc(Oc4ccc([N+](=O)[O-])cc4)cc3)cc2)cc1. The summed E-state index contributed by atoms with van der Waals surface area (Å²) in [4.78, 5) is 20.6. The highest BCUT2D eigenvalue weighted by molar-refractivity contribution is 5.40. The minimum absolute atomic E-state index is 0.0272. The maximum atomic E-state index is 10.7. The van der Waals surface area contributed by atoms with Crippen molar-refractivity contribution in [3.8, 4) is 23.0 Å². The molecule has 35 heavy (non-hydrogen) atoms. The number of nitrogens with zero attached hydrogens (tertiary/aromatic N) is 2. The van der Waals surface area contributed by atoms with E-state index >= 15 is 0 Å². The first-order chi connectivity index (χ1) is 17.0. The van der Waals surface area contributed by atoms with Crippen LogP contribution in [0.4, 0.5) is 11.4 Å². The first-order valence-corrected chi connectivity index (χ1v) is 11.0. The lowest BCUT2D eigenvalue weighted by Crippen LogP contribution is -1.92. The first kappa shape index (κ1) is 23.4. The monoisotopic (exact) mass is 470 g/mol. The fourth-order valence-electron chi connectivity index (χ4n) is 3.49. The topological polar surface area (TPSA) is 105 Å². The third kappa shape index (κ3) is 6.64. The molecule has 4 aromatic carbocycles. The van der Waals surface area contributed by atoms with Crippen LogP contribution in [0.2, 0.25) is 0 Å². The van der Waals surface area contributed by atoms with Crippen molar-refractivity contribution < 1.29 is 19.3 Å². The van der Waals surface area contributed by atoms with Crippen LogP contribution in [0.15, 0.2) is 97.1 Å². The van der Waals surface area contributed by atoms with Gasteiger partial charge in [-0.25, -0.2) is 0 Å². The molecule has 0 heterocycles. The summed E-state index contributed by atoms with van der Waals surface area (Å²) in [5, 5.41) is 21.5. The van der Waals surface area contributed by atoms with E-state index in [2.05, 4.69) is 0 Å². The molecule has 0 bridgehead atoms. The van der Waals surface area contributed by atoms with E-state index in [1.807, 2.05) is 48.5 Å². The minimum Gasteiger partial charge on any atom is -0.457 e. The van der Waals surface area contributed by atoms with E-state index in [1.54, 1.807) is 24.3 Å². The highest BCUT2D eigenvalue weighted by Gasteiger charge is 2.07. The number of hydrogen-bond acceptors (Lipinski definition) is 6. The number of hydrogen-bond donors (Lipinski definition) is 0. The molecular formula is C27H22N2O6. The molecule has 0 aromatic heterocycles. The van der Waals surface area contributed by atoms with Gasteiger partial charge in [0.05, 0.1) is 9.85 Å². The molecule has 0 aliphatic carbocycles. The molecule has 4 aromatic rings. The lowest BCUT2D eigenvalue weighted by Gasteiger charge is -2.08. The number of non-ortho nitro benzene ring substituents is 2. The Morgan fingerprint density at radius 3 is 1.06 bits per heavy atom. The van der Waals surface area contributed by atoms with E-state index in [4.69, 9.17) is 9.47 Å². The quantitative estimate of drug-likeness (QED) is 0.178. The van der Waals surface area contributed by atoms with E-state index in [-0.39, 0.29) is 11.4 Å². The summed E-state index contributed by atoms with van der Waals surface area (Å²) in [7, 11) is 0. The molecular weight excluding hydrogens is 448 g/mol. The molecule has 0 aliphatic rings. The van der Waals surface area contributed by atoms with Gasteiger partial charge in [0, 0.05) is 24.3 Å². The molecule has 0 saturated carbocycles. The van der Waals surface area contributed by atoms with Crippen LogP contribution < -0.4 is 9.47 Å². The molecule has 0 unspecified atom stereocenters. The maximum absolute atomic E-state index is 10.7. The van der Waals surface area contributed by atoms with E-state index in [9.17, 15) is 20.2 Å². The summed E-state index contributed by atoms with van der Waals surface area (Å²) in [5.74, 6) is 2.44. The summed E-state index contributed by atoms with van der Waals surface area (Å²) >= 11 is 0. The highest BCUT2D eigenvalue weighted by atomic mass is 16.6. The zero-order chi connectivity index (χ0) is 24.6. The van der Waals surface area contributed by atoms with E-state index in [1.165, 1.54) is 35.4 Å². The van der Waals surface area contributed by atoms with Crippen molar-refractivity contribution in [2.45, 2.75) is 19.3 Å². The van der Waals surface area contributed by atoms with Crippen LogP contribution >= 0.6 is 0 Å². The Labute approximate surface area is 201 Å². The Bertz CT molecular complexity index is 1180. The van der Waals surface area contributed by atoms with Gasteiger partial charge in [0.15, 0.2) is 0 Å². The predicted octanol–water partition coefficient (Wildman–Crippen LogP) is 7.26. The number of ether oxygens (including phenoxy) is 2. The molecule has 0 aliphatic heterocycles.